The minimum absolute atomic E-state index is 0.0484. The first-order valence-corrected chi connectivity index (χ1v) is 11.9. The van der Waals surface area contributed by atoms with Gasteiger partial charge in [-0.25, -0.2) is 4.39 Å². The maximum Gasteiger partial charge on any atom is 0.253 e. The van der Waals surface area contributed by atoms with Crippen LogP contribution in [0.1, 0.15) is 46.0 Å². The van der Waals surface area contributed by atoms with Crippen molar-refractivity contribution in [1.82, 2.24) is 14.8 Å². The van der Waals surface area contributed by atoms with Gasteiger partial charge in [0.1, 0.15) is 5.75 Å². The lowest BCUT2D eigenvalue weighted by molar-refractivity contribution is 0.148. The summed E-state index contributed by atoms with van der Waals surface area (Å²) in [5.41, 5.74) is 2.85. The second-order valence-electron chi connectivity index (χ2n) is 10.8. The molecule has 1 N–H and O–H groups in total. The van der Waals surface area contributed by atoms with E-state index in [0.717, 1.165) is 10.4 Å². The number of aromatic hydroxyl groups is 1. The van der Waals surface area contributed by atoms with Crippen LogP contribution < -0.4 is 10.5 Å². The quantitative estimate of drug-likeness (QED) is 0.550. The summed E-state index contributed by atoms with van der Waals surface area (Å²) in [6.07, 6.45) is 7.70. The maximum absolute atomic E-state index is 12.8. The molecule has 3 aromatic rings. The molecule has 178 valence electrons. The van der Waals surface area contributed by atoms with Gasteiger partial charge in [-0.1, -0.05) is 19.9 Å². The van der Waals surface area contributed by atoms with Crippen LogP contribution in [0.2, 0.25) is 0 Å². The largest absolute Gasteiger partial charge is 0.507 e. The minimum atomic E-state index is -0.869. The van der Waals surface area contributed by atoms with Crippen molar-refractivity contribution >= 4 is 5.82 Å². The van der Waals surface area contributed by atoms with Crippen molar-refractivity contribution < 1.29 is 9.50 Å². The molecule has 1 unspecified atom stereocenters. The fourth-order valence-electron chi connectivity index (χ4n) is 6.20. The van der Waals surface area contributed by atoms with Crippen LogP contribution >= 0.6 is 0 Å². The van der Waals surface area contributed by atoms with Crippen molar-refractivity contribution in [2.45, 2.75) is 58.8 Å². The van der Waals surface area contributed by atoms with Gasteiger partial charge >= 0.3 is 0 Å². The molecule has 2 aliphatic carbocycles. The molecular weight excluding hydrogens is 431 g/mol. The molecule has 34 heavy (non-hydrogen) atoms. The van der Waals surface area contributed by atoms with Gasteiger partial charge in [-0.05, 0) is 84.4 Å². The van der Waals surface area contributed by atoms with Gasteiger partial charge in [0, 0.05) is 30.9 Å². The van der Waals surface area contributed by atoms with E-state index in [1.165, 1.54) is 44.4 Å². The van der Waals surface area contributed by atoms with Gasteiger partial charge in [0.25, 0.3) is 5.56 Å². The van der Waals surface area contributed by atoms with E-state index in [4.69, 9.17) is 0 Å². The molecule has 6 nitrogen and oxygen atoms in total. The fourth-order valence-corrected chi connectivity index (χ4v) is 6.20. The van der Waals surface area contributed by atoms with Crippen LogP contribution in [-0.2, 0) is 6.80 Å². The van der Waals surface area contributed by atoms with Gasteiger partial charge < -0.3 is 10.0 Å². The van der Waals surface area contributed by atoms with Gasteiger partial charge in [-0.15, -0.1) is 10.2 Å². The Balaban J connectivity index is 1.35. The first kappa shape index (κ1) is 22.6. The number of hydrogen-bond acceptors (Lipinski definition) is 5. The fraction of sp³-hybridized carbons (Fsp3) is 0.444. The number of anilines is 1. The van der Waals surface area contributed by atoms with E-state index >= 15 is 0 Å². The van der Waals surface area contributed by atoms with Crippen molar-refractivity contribution in [2.24, 2.45) is 10.8 Å². The monoisotopic (exact) mass is 462 g/mol. The number of pyridine rings is 1. The summed E-state index contributed by atoms with van der Waals surface area (Å²) in [4.78, 5) is 14.2. The van der Waals surface area contributed by atoms with E-state index in [2.05, 4.69) is 36.0 Å². The highest BCUT2D eigenvalue weighted by molar-refractivity contribution is 5.74. The third-order valence-corrected chi connectivity index (χ3v) is 7.93. The molecule has 0 saturated heterocycles. The van der Waals surface area contributed by atoms with E-state index in [9.17, 15) is 14.3 Å². The normalized spacial score (nSPS) is 25.9. The molecule has 0 spiro atoms. The first-order valence-electron chi connectivity index (χ1n) is 11.9. The molecule has 2 saturated carbocycles. The van der Waals surface area contributed by atoms with Gasteiger partial charge in [0.15, 0.2) is 12.6 Å². The van der Waals surface area contributed by atoms with E-state index in [1.807, 2.05) is 18.2 Å². The number of aromatic nitrogens is 3. The van der Waals surface area contributed by atoms with E-state index in [0.29, 0.717) is 39.3 Å². The Morgan fingerprint density at radius 1 is 1.06 bits per heavy atom. The number of nitrogens with zero attached hydrogens (tertiary/aromatic N) is 4. The van der Waals surface area contributed by atoms with E-state index < -0.39 is 12.4 Å². The Labute approximate surface area is 199 Å². The second kappa shape index (κ2) is 8.22. The molecule has 0 radical (unpaired) electrons. The summed E-state index contributed by atoms with van der Waals surface area (Å²) in [5, 5.41) is 19.5. The predicted octanol–water partition coefficient (Wildman–Crippen LogP) is 5.40. The lowest BCUT2D eigenvalue weighted by atomic mass is 9.68. The molecular formula is C27H31FN4O2. The molecule has 2 aromatic heterocycles. The van der Waals surface area contributed by atoms with Crippen LogP contribution in [0.15, 0.2) is 53.5 Å². The Bertz CT molecular complexity index is 1260. The van der Waals surface area contributed by atoms with Crippen LogP contribution in [-0.4, -0.2) is 33.0 Å². The van der Waals surface area contributed by atoms with Gasteiger partial charge in [0.05, 0.1) is 5.69 Å². The Morgan fingerprint density at radius 3 is 2.35 bits per heavy atom. The van der Waals surface area contributed by atoms with Gasteiger partial charge in [-0.3, -0.25) is 9.36 Å². The molecule has 0 aliphatic heterocycles. The predicted molar refractivity (Wildman–Crippen MR) is 131 cm³/mol. The average molecular weight is 463 g/mol. The molecule has 2 aliphatic rings. The van der Waals surface area contributed by atoms with E-state index in [-0.39, 0.29) is 5.75 Å². The minimum Gasteiger partial charge on any atom is -0.507 e. The number of phenols is 1. The van der Waals surface area contributed by atoms with Crippen LogP contribution in [0.25, 0.3) is 22.4 Å². The van der Waals surface area contributed by atoms with Crippen LogP contribution in [0, 0.1) is 10.8 Å². The molecule has 5 rings (SSSR count). The summed E-state index contributed by atoms with van der Waals surface area (Å²) in [6, 6.07) is 12.5. The lowest BCUT2D eigenvalue weighted by Crippen LogP contribution is -2.42. The summed E-state index contributed by atoms with van der Waals surface area (Å²) >= 11 is 0. The zero-order valence-electron chi connectivity index (χ0n) is 20.0. The molecule has 2 heterocycles. The smallest absolute Gasteiger partial charge is 0.253 e. The first-order chi connectivity index (χ1) is 16.2. The molecule has 7 heteroatoms. The molecule has 1 aromatic carbocycles. The van der Waals surface area contributed by atoms with Crippen molar-refractivity contribution in [1.29, 1.82) is 0 Å². The summed E-state index contributed by atoms with van der Waals surface area (Å²) < 4.78 is 13.8. The zero-order chi connectivity index (χ0) is 24.1. The summed E-state index contributed by atoms with van der Waals surface area (Å²) in [7, 11) is 2.11. The molecule has 2 fully saturated rings. The zero-order valence-corrected chi connectivity index (χ0v) is 20.0. The number of halogens is 1. The van der Waals surface area contributed by atoms with Crippen LogP contribution in [0.4, 0.5) is 10.2 Å². The number of fused-ring (bicyclic) bond motifs is 2. The third-order valence-electron chi connectivity index (χ3n) is 7.93. The molecule has 0 amide bonds. The summed E-state index contributed by atoms with van der Waals surface area (Å²) in [6.45, 7) is 3.98. The number of phenolic OH excluding ortho intramolecular Hbond substituents is 1. The highest BCUT2D eigenvalue weighted by atomic mass is 19.1. The van der Waals surface area contributed by atoms with E-state index in [1.54, 1.807) is 18.2 Å². The Morgan fingerprint density at radius 2 is 1.76 bits per heavy atom. The lowest BCUT2D eigenvalue weighted by Gasteiger charge is -2.44. The maximum atomic E-state index is 12.8. The third kappa shape index (κ3) is 4.08. The van der Waals surface area contributed by atoms with Crippen molar-refractivity contribution in [3.05, 3.63) is 59.0 Å². The standard InChI is InChI=1S/C27H31FN4O2/c1-26-9-10-27(2,16-26)15-20(14-26)31(3)24-7-6-22(29-30-24)21-5-4-18(12-23(21)33)19-8-11-32(17-28)25(34)13-19/h4-8,11-13,20,33H,9-10,14-17H2,1-3H3/t20?,26-,27+. The SMILES string of the molecule is CN(c1ccc(-c2ccc(-c3ccn(CF)c(=O)c3)cc2O)nn1)C1C[C@]2(C)CC[C@](C)(C1)C2. The Kier molecular flexibility index (Phi) is 5.46. The Hall–Kier alpha value is -3.22. The summed E-state index contributed by atoms with van der Waals surface area (Å²) in [5.74, 6) is 0.888. The number of alkyl halides is 1. The van der Waals surface area contributed by atoms with Gasteiger partial charge in [-0.2, -0.15) is 0 Å². The molecule has 3 atom stereocenters. The van der Waals surface area contributed by atoms with Gasteiger partial charge in [0.2, 0.25) is 0 Å². The van der Waals surface area contributed by atoms with Crippen molar-refractivity contribution in [3.8, 4) is 28.1 Å². The number of rotatable bonds is 5. The topological polar surface area (TPSA) is 71.2 Å². The highest BCUT2D eigenvalue weighted by Gasteiger charge is 2.50. The highest BCUT2D eigenvalue weighted by Crippen LogP contribution is 2.58. The average Bonchev–Trinajstić information content (AvgIpc) is 3.05. The second-order valence-corrected chi connectivity index (χ2v) is 10.8. The van der Waals surface area contributed by atoms with Crippen LogP contribution in [0.3, 0.4) is 0 Å². The molecule has 2 bridgehead atoms. The van der Waals surface area contributed by atoms with Crippen molar-refractivity contribution in [3.63, 3.8) is 0 Å². The van der Waals surface area contributed by atoms with Crippen molar-refractivity contribution in [2.75, 3.05) is 11.9 Å². The number of hydrogen-bond donors (Lipinski definition) is 1. The number of benzene rings is 1. The van der Waals surface area contributed by atoms with Crippen LogP contribution in [0.5, 0.6) is 5.75 Å².